The number of benzene rings is 1. The molecule has 1 aromatic carbocycles. The molecule has 138 valence electrons. The minimum atomic E-state index is -0.0519. The molecule has 1 heterocycles. The topological polar surface area (TPSA) is 23.6 Å². The predicted molar refractivity (Wildman–Crippen MR) is 109 cm³/mol. The number of nitrogens with zero attached hydrogens (tertiary/aromatic N) is 2. The SMILES string of the molecule is CCN1/C(=C\C=C2\CCC/C(=C\N(C)C)C2=O)C(C)(C)c2ccccc21. The van der Waals surface area contributed by atoms with Crippen molar-refractivity contribution in [3.8, 4) is 0 Å². The van der Waals surface area contributed by atoms with Gasteiger partial charge in [0.2, 0.25) is 0 Å². The van der Waals surface area contributed by atoms with Gasteiger partial charge in [-0.1, -0.05) is 38.1 Å². The van der Waals surface area contributed by atoms with Crippen LogP contribution in [0.3, 0.4) is 0 Å². The summed E-state index contributed by atoms with van der Waals surface area (Å²) in [5.74, 6) is 0.207. The van der Waals surface area contributed by atoms with Crippen molar-refractivity contribution in [3.63, 3.8) is 0 Å². The van der Waals surface area contributed by atoms with Gasteiger partial charge in [0.15, 0.2) is 5.78 Å². The molecule has 3 rings (SSSR count). The number of hydrogen-bond acceptors (Lipinski definition) is 3. The van der Waals surface area contributed by atoms with Crippen LogP contribution in [0.4, 0.5) is 5.69 Å². The van der Waals surface area contributed by atoms with Crippen molar-refractivity contribution in [2.45, 2.75) is 45.4 Å². The molecule has 0 radical (unpaired) electrons. The van der Waals surface area contributed by atoms with Gasteiger partial charge in [0, 0.05) is 49.2 Å². The van der Waals surface area contributed by atoms with Crippen LogP contribution >= 0.6 is 0 Å². The molecule has 1 aromatic rings. The molecule has 0 atom stereocenters. The number of rotatable bonds is 3. The number of ketones is 1. The van der Waals surface area contributed by atoms with Gasteiger partial charge < -0.3 is 9.80 Å². The van der Waals surface area contributed by atoms with Gasteiger partial charge in [0.25, 0.3) is 0 Å². The number of Topliss-reactive ketones (excluding diaryl/α,β-unsaturated/α-hetero) is 1. The summed E-state index contributed by atoms with van der Waals surface area (Å²) in [6.07, 6.45) is 9.00. The van der Waals surface area contributed by atoms with Crippen LogP contribution in [0.25, 0.3) is 0 Å². The van der Waals surface area contributed by atoms with Crippen LogP contribution < -0.4 is 4.90 Å². The van der Waals surface area contributed by atoms with Gasteiger partial charge in [-0.3, -0.25) is 4.79 Å². The van der Waals surface area contributed by atoms with Crippen molar-refractivity contribution in [3.05, 3.63) is 65.0 Å². The number of allylic oxidation sites excluding steroid dienone is 5. The smallest absolute Gasteiger partial charge is 0.186 e. The van der Waals surface area contributed by atoms with E-state index in [0.717, 1.165) is 37.0 Å². The van der Waals surface area contributed by atoms with E-state index < -0.39 is 0 Å². The molecule has 2 aliphatic rings. The first-order valence-electron chi connectivity index (χ1n) is 9.56. The van der Waals surface area contributed by atoms with Crippen molar-refractivity contribution in [1.29, 1.82) is 0 Å². The summed E-state index contributed by atoms with van der Waals surface area (Å²) in [5.41, 5.74) is 5.71. The summed E-state index contributed by atoms with van der Waals surface area (Å²) in [6, 6.07) is 8.62. The summed E-state index contributed by atoms with van der Waals surface area (Å²) >= 11 is 0. The molecule has 1 fully saturated rings. The fraction of sp³-hybridized carbons (Fsp3) is 0.435. The number of likely N-dealkylation sites (N-methyl/N-ethyl adjacent to an activating group) is 1. The van der Waals surface area contributed by atoms with Gasteiger partial charge in [-0.05, 0) is 49.5 Å². The molecular formula is C23H30N2O. The van der Waals surface area contributed by atoms with E-state index in [1.54, 1.807) is 0 Å². The van der Waals surface area contributed by atoms with Gasteiger partial charge in [-0.15, -0.1) is 0 Å². The lowest BCUT2D eigenvalue weighted by Crippen LogP contribution is -2.25. The van der Waals surface area contributed by atoms with E-state index in [1.165, 1.54) is 16.9 Å². The Morgan fingerprint density at radius 3 is 2.50 bits per heavy atom. The van der Waals surface area contributed by atoms with E-state index >= 15 is 0 Å². The summed E-state index contributed by atoms with van der Waals surface area (Å²) in [4.78, 5) is 17.1. The van der Waals surface area contributed by atoms with Gasteiger partial charge in [-0.25, -0.2) is 0 Å². The molecule has 0 amide bonds. The van der Waals surface area contributed by atoms with Gasteiger partial charge in [-0.2, -0.15) is 0 Å². The maximum Gasteiger partial charge on any atom is 0.186 e. The predicted octanol–water partition coefficient (Wildman–Crippen LogP) is 4.81. The number of carbonyl (C=O) groups is 1. The van der Waals surface area contributed by atoms with E-state index in [-0.39, 0.29) is 11.2 Å². The van der Waals surface area contributed by atoms with Crippen LogP contribution in [-0.2, 0) is 10.2 Å². The van der Waals surface area contributed by atoms with E-state index in [9.17, 15) is 4.79 Å². The fourth-order valence-corrected chi connectivity index (χ4v) is 4.16. The molecule has 1 saturated carbocycles. The summed E-state index contributed by atoms with van der Waals surface area (Å²) in [6.45, 7) is 7.65. The largest absolute Gasteiger partial charge is 0.383 e. The first-order chi connectivity index (χ1) is 12.4. The third-order valence-corrected chi connectivity index (χ3v) is 5.45. The molecule has 0 saturated heterocycles. The molecule has 3 heteroatoms. The van der Waals surface area contributed by atoms with Crippen molar-refractivity contribution >= 4 is 11.5 Å². The lowest BCUT2D eigenvalue weighted by molar-refractivity contribution is -0.113. The Kier molecular flexibility index (Phi) is 5.08. The van der Waals surface area contributed by atoms with Gasteiger partial charge in [0.1, 0.15) is 0 Å². The number of para-hydroxylation sites is 1. The summed E-state index contributed by atoms with van der Waals surface area (Å²) < 4.78 is 0. The Morgan fingerprint density at radius 2 is 1.81 bits per heavy atom. The van der Waals surface area contributed by atoms with Crippen molar-refractivity contribution in [2.24, 2.45) is 0 Å². The van der Waals surface area contributed by atoms with Gasteiger partial charge in [0.05, 0.1) is 0 Å². The first kappa shape index (κ1) is 18.5. The van der Waals surface area contributed by atoms with Crippen LogP contribution in [0.1, 0.15) is 45.6 Å². The zero-order valence-electron chi connectivity index (χ0n) is 16.7. The van der Waals surface area contributed by atoms with Gasteiger partial charge >= 0.3 is 0 Å². The highest BCUT2D eigenvalue weighted by molar-refractivity contribution is 6.09. The molecule has 1 aliphatic heterocycles. The molecule has 0 unspecified atom stereocenters. The van der Waals surface area contributed by atoms with E-state index in [0.29, 0.717) is 0 Å². The monoisotopic (exact) mass is 350 g/mol. The fourth-order valence-electron chi connectivity index (χ4n) is 4.16. The highest BCUT2D eigenvalue weighted by Crippen LogP contribution is 2.47. The lowest BCUT2D eigenvalue weighted by Gasteiger charge is -2.26. The summed E-state index contributed by atoms with van der Waals surface area (Å²) in [7, 11) is 3.94. The Morgan fingerprint density at radius 1 is 1.12 bits per heavy atom. The van der Waals surface area contributed by atoms with Crippen LogP contribution in [0.15, 0.2) is 59.5 Å². The zero-order valence-corrected chi connectivity index (χ0v) is 16.7. The maximum atomic E-state index is 12.8. The number of carbonyl (C=O) groups excluding carboxylic acids is 1. The number of fused-ring (bicyclic) bond motifs is 1. The highest BCUT2D eigenvalue weighted by Gasteiger charge is 2.38. The highest BCUT2D eigenvalue weighted by atomic mass is 16.1. The van der Waals surface area contributed by atoms with Crippen LogP contribution in [-0.4, -0.2) is 31.3 Å². The molecule has 0 aromatic heterocycles. The Bertz CT molecular complexity index is 796. The molecule has 0 N–H and O–H groups in total. The Balaban J connectivity index is 1.97. The summed E-state index contributed by atoms with van der Waals surface area (Å²) in [5, 5.41) is 0. The molecule has 3 nitrogen and oxygen atoms in total. The first-order valence-corrected chi connectivity index (χ1v) is 9.56. The molecule has 0 spiro atoms. The van der Waals surface area contributed by atoms with E-state index in [4.69, 9.17) is 0 Å². The van der Waals surface area contributed by atoms with E-state index in [2.05, 4.69) is 62.1 Å². The normalized spacial score (nSPS) is 23.8. The Hall–Kier alpha value is -2.29. The zero-order chi connectivity index (χ0) is 18.9. The molecule has 26 heavy (non-hydrogen) atoms. The van der Waals surface area contributed by atoms with Crippen LogP contribution in [0.2, 0.25) is 0 Å². The Labute approximate surface area is 157 Å². The third-order valence-electron chi connectivity index (χ3n) is 5.45. The second-order valence-corrected chi connectivity index (χ2v) is 7.93. The van der Waals surface area contributed by atoms with Crippen molar-refractivity contribution < 1.29 is 4.79 Å². The number of hydrogen-bond donors (Lipinski definition) is 0. The van der Waals surface area contributed by atoms with Crippen molar-refractivity contribution in [1.82, 2.24) is 4.90 Å². The molecule has 0 bridgehead atoms. The maximum absolute atomic E-state index is 12.8. The average molecular weight is 351 g/mol. The van der Waals surface area contributed by atoms with Crippen molar-refractivity contribution in [2.75, 3.05) is 25.5 Å². The van der Waals surface area contributed by atoms with Crippen LogP contribution in [0.5, 0.6) is 0 Å². The van der Waals surface area contributed by atoms with E-state index in [1.807, 2.05) is 25.2 Å². The standard InChI is InChI=1S/C23H30N2O/c1-6-25-20-13-8-7-12-19(20)23(2,3)21(25)15-14-17-10-9-11-18(22(17)26)16-24(4)5/h7-8,12-16H,6,9-11H2,1-5H3/b17-14-,18-16+,21-15-. The second-order valence-electron chi connectivity index (χ2n) is 7.93. The minimum Gasteiger partial charge on any atom is -0.383 e. The van der Waals surface area contributed by atoms with Crippen LogP contribution in [0, 0.1) is 0 Å². The lowest BCUT2D eigenvalue weighted by atomic mass is 9.83. The minimum absolute atomic E-state index is 0.0519. The average Bonchev–Trinajstić information content (AvgIpc) is 2.82. The number of anilines is 1. The quantitative estimate of drug-likeness (QED) is 0.731. The molecular weight excluding hydrogens is 320 g/mol. The third kappa shape index (κ3) is 3.23. The second kappa shape index (κ2) is 7.14. The molecule has 1 aliphatic carbocycles.